The zero-order valence-electron chi connectivity index (χ0n) is 14.0. The molecule has 5 nitrogen and oxygen atoms in total. The van der Waals surface area contributed by atoms with E-state index in [-0.39, 0.29) is 6.03 Å². The minimum Gasteiger partial charge on any atom is -0.369 e. The topological polar surface area (TPSA) is 48.5 Å². The van der Waals surface area contributed by atoms with Gasteiger partial charge in [-0.2, -0.15) is 0 Å². The number of carbonyl (C=O) groups excluding carboxylic acids is 1. The Morgan fingerprint density at radius 1 is 1.32 bits per heavy atom. The van der Waals surface area contributed by atoms with Crippen molar-refractivity contribution in [2.45, 2.75) is 33.6 Å². The summed E-state index contributed by atoms with van der Waals surface area (Å²) in [5, 5.41) is 3.04. The zero-order valence-corrected chi connectivity index (χ0v) is 14.0. The minimum atomic E-state index is 0.0777. The van der Waals surface area contributed by atoms with Crippen LogP contribution in [0.5, 0.6) is 0 Å². The third-order valence-electron chi connectivity index (χ3n) is 4.11. The third kappa shape index (κ3) is 4.61. The first kappa shape index (κ1) is 16.6. The quantitative estimate of drug-likeness (QED) is 0.930. The number of hydrogen-bond acceptors (Lipinski definition) is 3. The molecule has 0 aromatic carbocycles. The number of anilines is 1. The molecule has 0 atom stereocenters. The molecule has 5 heteroatoms. The van der Waals surface area contributed by atoms with Gasteiger partial charge in [-0.25, -0.2) is 4.79 Å². The van der Waals surface area contributed by atoms with E-state index < -0.39 is 0 Å². The first-order chi connectivity index (χ1) is 10.6. The molecule has 1 aromatic rings. The van der Waals surface area contributed by atoms with Crippen molar-refractivity contribution in [3.05, 3.63) is 24.0 Å². The van der Waals surface area contributed by atoms with E-state index in [0.717, 1.165) is 45.6 Å². The van der Waals surface area contributed by atoms with Crippen LogP contribution in [0.4, 0.5) is 10.5 Å². The van der Waals surface area contributed by atoms with Crippen molar-refractivity contribution in [3.8, 4) is 0 Å². The molecule has 1 N–H and O–H groups in total. The Balaban J connectivity index is 1.87. The predicted molar refractivity (Wildman–Crippen MR) is 90.2 cm³/mol. The normalized spacial score (nSPS) is 15.8. The number of urea groups is 1. The smallest absolute Gasteiger partial charge is 0.317 e. The van der Waals surface area contributed by atoms with Crippen LogP contribution < -0.4 is 10.2 Å². The summed E-state index contributed by atoms with van der Waals surface area (Å²) in [5.74, 6) is 0.620. The van der Waals surface area contributed by atoms with Gasteiger partial charge in [-0.05, 0) is 37.3 Å². The molecule has 0 bridgehead atoms. The van der Waals surface area contributed by atoms with Crippen LogP contribution in [-0.2, 0) is 0 Å². The van der Waals surface area contributed by atoms with Gasteiger partial charge in [0.05, 0.1) is 0 Å². The van der Waals surface area contributed by atoms with Crippen molar-refractivity contribution in [2.24, 2.45) is 5.92 Å². The number of pyridine rings is 1. The van der Waals surface area contributed by atoms with E-state index in [4.69, 9.17) is 0 Å². The van der Waals surface area contributed by atoms with Gasteiger partial charge in [-0.15, -0.1) is 0 Å². The van der Waals surface area contributed by atoms with Crippen molar-refractivity contribution in [2.75, 3.05) is 37.6 Å². The lowest BCUT2D eigenvalue weighted by molar-refractivity contribution is 0.201. The van der Waals surface area contributed by atoms with Gasteiger partial charge in [-0.1, -0.05) is 13.8 Å². The fraction of sp³-hybridized carbons (Fsp3) is 0.647. The van der Waals surface area contributed by atoms with E-state index in [2.05, 4.69) is 42.0 Å². The summed E-state index contributed by atoms with van der Waals surface area (Å²) in [6.07, 6.45) is 5.77. The molecule has 2 rings (SSSR count). The Labute approximate surface area is 133 Å². The molecule has 1 aliphatic rings. The number of rotatable bonds is 4. The molecular weight excluding hydrogens is 276 g/mol. The molecule has 1 aromatic heterocycles. The number of aryl methyl sites for hydroxylation is 1. The summed E-state index contributed by atoms with van der Waals surface area (Å²) >= 11 is 0. The van der Waals surface area contributed by atoms with E-state index >= 15 is 0 Å². The predicted octanol–water partition coefficient (Wildman–Crippen LogP) is 2.66. The summed E-state index contributed by atoms with van der Waals surface area (Å²) in [6.45, 7) is 10.7. The standard InChI is InChI=1S/C17H28N4O/c1-14(2)5-8-19-17(22)21-10-4-9-20(11-12-21)16-6-7-18-13-15(16)3/h6-7,13-14H,4-5,8-12H2,1-3H3,(H,19,22). The summed E-state index contributed by atoms with van der Waals surface area (Å²) in [4.78, 5) is 20.7. The second-order valence-electron chi connectivity index (χ2n) is 6.40. The number of carbonyl (C=O) groups is 1. The molecule has 0 aliphatic carbocycles. The number of aromatic nitrogens is 1. The Bertz CT molecular complexity index is 489. The van der Waals surface area contributed by atoms with Crippen LogP contribution in [0.1, 0.15) is 32.3 Å². The molecule has 1 saturated heterocycles. The van der Waals surface area contributed by atoms with Crippen LogP contribution in [0.2, 0.25) is 0 Å². The fourth-order valence-electron chi connectivity index (χ4n) is 2.76. The number of nitrogens with one attached hydrogen (secondary N) is 1. The minimum absolute atomic E-state index is 0.0777. The average molecular weight is 304 g/mol. The highest BCUT2D eigenvalue weighted by Gasteiger charge is 2.19. The molecule has 1 fully saturated rings. The third-order valence-corrected chi connectivity index (χ3v) is 4.11. The van der Waals surface area contributed by atoms with Gasteiger partial charge in [0.25, 0.3) is 0 Å². The van der Waals surface area contributed by atoms with E-state index in [9.17, 15) is 4.79 Å². The van der Waals surface area contributed by atoms with Gasteiger partial charge in [0.2, 0.25) is 0 Å². The number of amides is 2. The van der Waals surface area contributed by atoms with Crippen LogP contribution in [0.15, 0.2) is 18.5 Å². The highest BCUT2D eigenvalue weighted by atomic mass is 16.2. The van der Waals surface area contributed by atoms with Gasteiger partial charge in [0.15, 0.2) is 0 Å². The maximum atomic E-state index is 12.2. The highest BCUT2D eigenvalue weighted by molar-refractivity contribution is 5.74. The lowest BCUT2D eigenvalue weighted by Crippen LogP contribution is -2.42. The lowest BCUT2D eigenvalue weighted by atomic mass is 10.1. The molecule has 0 saturated carbocycles. The number of hydrogen-bond donors (Lipinski definition) is 1. The average Bonchev–Trinajstić information content (AvgIpc) is 2.73. The maximum Gasteiger partial charge on any atom is 0.317 e. The van der Waals surface area contributed by atoms with E-state index in [0.29, 0.717) is 5.92 Å². The molecular formula is C17H28N4O. The monoisotopic (exact) mass is 304 g/mol. The Morgan fingerprint density at radius 2 is 2.14 bits per heavy atom. The molecule has 2 amide bonds. The van der Waals surface area contributed by atoms with Crippen LogP contribution in [-0.4, -0.2) is 48.6 Å². The van der Waals surface area contributed by atoms with E-state index in [1.165, 1.54) is 11.3 Å². The van der Waals surface area contributed by atoms with Crippen molar-refractivity contribution >= 4 is 11.7 Å². The van der Waals surface area contributed by atoms with Crippen molar-refractivity contribution in [3.63, 3.8) is 0 Å². The van der Waals surface area contributed by atoms with E-state index in [1.54, 1.807) is 0 Å². The van der Waals surface area contributed by atoms with Gasteiger partial charge in [0.1, 0.15) is 0 Å². The second kappa shape index (κ2) is 8.01. The van der Waals surface area contributed by atoms with Gasteiger partial charge in [0, 0.05) is 50.8 Å². The van der Waals surface area contributed by atoms with Gasteiger partial charge >= 0.3 is 6.03 Å². The fourth-order valence-corrected chi connectivity index (χ4v) is 2.76. The lowest BCUT2D eigenvalue weighted by Gasteiger charge is -2.25. The van der Waals surface area contributed by atoms with Crippen LogP contribution >= 0.6 is 0 Å². The molecule has 1 aliphatic heterocycles. The van der Waals surface area contributed by atoms with Crippen LogP contribution in [0.3, 0.4) is 0 Å². The molecule has 122 valence electrons. The molecule has 0 unspecified atom stereocenters. The van der Waals surface area contributed by atoms with Crippen LogP contribution in [0, 0.1) is 12.8 Å². The Kier molecular flexibility index (Phi) is 6.04. The van der Waals surface area contributed by atoms with Crippen molar-refractivity contribution in [1.82, 2.24) is 15.2 Å². The summed E-state index contributed by atoms with van der Waals surface area (Å²) in [5.41, 5.74) is 2.43. The molecule has 22 heavy (non-hydrogen) atoms. The molecule has 2 heterocycles. The maximum absolute atomic E-state index is 12.2. The summed E-state index contributed by atoms with van der Waals surface area (Å²) in [6, 6.07) is 2.14. The first-order valence-corrected chi connectivity index (χ1v) is 8.26. The van der Waals surface area contributed by atoms with Gasteiger partial charge in [-0.3, -0.25) is 4.98 Å². The van der Waals surface area contributed by atoms with E-state index in [1.807, 2.05) is 17.3 Å². The van der Waals surface area contributed by atoms with Crippen molar-refractivity contribution < 1.29 is 4.79 Å². The zero-order chi connectivity index (χ0) is 15.9. The highest BCUT2D eigenvalue weighted by Crippen LogP contribution is 2.19. The summed E-state index contributed by atoms with van der Waals surface area (Å²) < 4.78 is 0. The van der Waals surface area contributed by atoms with Crippen LogP contribution in [0.25, 0.3) is 0 Å². The molecule has 0 radical (unpaired) electrons. The largest absolute Gasteiger partial charge is 0.369 e. The Hall–Kier alpha value is -1.78. The SMILES string of the molecule is Cc1cnccc1N1CCCN(C(=O)NCCC(C)C)CC1. The second-order valence-corrected chi connectivity index (χ2v) is 6.40. The Morgan fingerprint density at radius 3 is 2.86 bits per heavy atom. The van der Waals surface area contributed by atoms with Gasteiger partial charge < -0.3 is 15.1 Å². The molecule has 0 spiro atoms. The summed E-state index contributed by atoms with van der Waals surface area (Å²) in [7, 11) is 0. The van der Waals surface area contributed by atoms with Crippen molar-refractivity contribution in [1.29, 1.82) is 0 Å². The number of nitrogens with zero attached hydrogens (tertiary/aromatic N) is 3. The first-order valence-electron chi connectivity index (χ1n) is 8.26.